The fraction of sp³-hybridized carbons (Fsp3) is 0.118. The molecule has 23 heavy (non-hydrogen) atoms. The molecule has 0 saturated heterocycles. The third-order valence-corrected chi connectivity index (χ3v) is 3.87. The summed E-state index contributed by atoms with van der Waals surface area (Å²) in [5.41, 5.74) is 3.60. The predicted octanol–water partition coefficient (Wildman–Crippen LogP) is 3.42. The van der Waals surface area contributed by atoms with Gasteiger partial charge in [0.2, 0.25) is 0 Å². The second-order valence-corrected chi connectivity index (χ2v) is 5.60. The Hall–Kier alpha value is -2.66. The van der Waals surface area contributed by atoms with Crippen LogP contribution in [0.25, 0.3) is 11.3 Å². The van der Waals surface area contributed by atoms with E-state index in [4.69, 9.17) is 11.6 Å². The van der Waals surface area contributed by atoms with Crippen LogP contribution >= 0.6 is 11.6 Å². The van der Waals surface area contributed by atoms with Crippen LogP contribution in [0.4, 0.5) is 0 Å². The first kappa shape index (κ1) is 15.2. The zero-order chi connectivity index (χ0) is 16.4. The smallest absolute Gasteiger partial charge is 0.336 e. The first-order valence-corrected chi connectivity index (χ1v) is 7.37. The van der Waals surface area contributed by atoms with Crippen molar-refractivity contribution in [2.24, 2.45) is 7.05 Å². The van der Waals surface area contributed by atoms with Crippen molar-refractivity contribution in [3.8, 4) is 11.3 Å². The second kappa shape index (κ2) is 6.22. The molecule has 3 rings (SSSR count). The number of nitrogens with zero attached hydrogens (tertiary/aromatic N) is 3. The fourth-order valence-electron chi connectivity index (χ4n) is 2.40. The normalized spacial score (nSPS) is 10.7. The largest absolute Gasteiger partial charge is 0.478 e. The van der Waals surface area contributed by atoms with Crippen molar-refractivity contribution in [2.45, 2.75) is 6.42 Å². The summed E-state index contributed by atoms with van der Waals surface area (Å²) in [6.07, 6.45) is 3.51. The van der Waals surface area contributed by atoms with E-state index in [2.05, 4.69) is 10.1 Å². The molecule has 0 unspecified atom stereocenters. The third kappa shape index (κ3) is 3.24. The molecule has 0 amide bonds. The van der Waals surface area contributed by atoms with Gasteiger partial charge in [-0.1, -0.05) is 23.7 Å². The van der Waals surface area contributed by atoms with Gasteiger partial charge in [0.1, 0.15) is 0 Å². The van der Waals surface area contributed by atoms with Crippen molar-refractivity contribution in [1.82, 2.24) is 14.8 Å². The Bertz CT molecular complexity index is 857. The molecule has 5 nitrogen and oxygen atoms in total. The Morgan fingerprint density at radius 2 is 2.00 bits per heavy atom. The minimum absolute atomic E-state index is 0.259. The van der Waals surface area contributed by atoms with E-state index in [0.717, 1.165) is 17.0 Å². The SMILES string of the molecule is Cn1nc(-c2ccc(Cl)cc2)cc1Cc1cnccc1C(=O)O. The maximum atomic E-state index is 11.3. The van der Waals surface area contributed by atoms with Gasteiger partial charge in [-0.05, 0) is 29.8 Å². The highest BCUT2D eigenvalue weighted by Gasteiger charge is 2.13. The molecular weight excluding hydrogens is 314 g/mol. The van der Waals surface area contributed by atoms with Crippen molar-refractivity contribution in [3.63, 3.8) is 0 Å². The van der Waals surface area contributed by atoms with Gasteiger partial charge in [0, 0.05) is 42.1 Å². The lowest BCUT2D eigenvalue weighted by molar-refractivity contribution is 0.0695. The summed E-state index contributed by atoms with van der Waals surface area (Å²) in [6, 6.07) is 10.9. The molecule has 0 aliphatic carbocycles. The molecule has 1 aromatic carbocycles. The van der Waals surface area contributed by atoms with E-state index in [-0.39, 0.29) is 5.56 Å². The van der Waals surface area contributed by atoms with E-state index in [1.165, 1.54) is 12.3 Å². The van der Waals surface area contributed by atoms with Gasteiger partial charge < -0.3 is 5.11 Å². The molecule has 116 valence electrons. The summed E-state index contributed by atoms with van der Waals surface area (Å²) in [4.78, 5) is 15.3. The Morgan fingerprint density at radius 3 is 2.70 bits per heavy atom. The van der Waals surface area contributed by atoms with Crippen LogP contribution in [-0.4, -0.2) is 25.8 Å². The van der Waals surface area contributed by atoms with Gasteiger partial charge in [-0.2, -0.15) is 5.10 Å². The lowest BCUT2D eigenvalue weighted by Crippen LogP contribution is -2.06. The maximum absolute atomic E-state index is 11.3. The van der Waals surface area contributed by atoms with Crippen LogP contribution in [0, 0.1) is 0 Å². The second-order valence-electron chi connectivity index (χ2n) is 5.17. The summed E-state index contributed by atoms with van der Waals surface area (Å²) in [6.45, 7) is 0. The monoisotopic (exact) mass is 327 g/mol. The van der Waals surface area contributed by atoms with E-state index < -0.39 is 5.97 Å². The molecule has 0 aliphatic rings. The van der Waals surface area contributed by atoms with Crippen molar-refractivity contribution in [3.05, 3.63) is 70.6 Å². The predicted molar refractivity (Wildman–Crippen MR) is 87.7 cm³/mol. The van der Waals surface area contributed by atoms with Crippen LogP contribution in [0.1, 0.15) is 21.6 Å². The lowest BCUT2D eigenvalue weighted by Gasteiger charge is -2.05. The van der Waals surface area contributed by atoms with Crippen molar-refractivity contribution in [2.75, 3.05) is 0 Å². The number of aromatic nitrogens is 3. The summed E-state index contributed by atoms with van der Waals surface area (Å²) in [7, 11) is 1.84. The van der Waals surface area contributed by atoms with Crippen molar-refractivity contribution < 1.29 is 9.90 Å². The number of hydrogen-bond donors (Lipinski definition) is 1. The molecule has 2 heterocycles. The van der Waals surface area contributed by atoms with Crippen molar-refractivity contribution in [1.29, 1.82) is 0 Å². The number of pyridine rings is 1. The minimum Gasteiger partial charge on any atom is -0.478 e. The molecule has 0 spiro atoms. The molecule has 1 N–H and O–H groups in total. The van der Waals surface area contributed by atoms with Gasteiger partial charge in [0.05, 0.1) is 11.3 Å². The van der Waals surface area contributed by atoms with Gasteiger partial charge >= 0.3 is 5.97 Å². The highest BCUT2D eigenvalue weighted by atomic mass is 35.5. The van der Waals surface area contributed by atoms with Gasteiger partial charge in [-0.15, -0.1) is 0 Å². The molecule has 3 aromatic rings. The first-order valence-electron chi connectivity index (χ1n) is 6.99. The number of benzene rings is 1. The summed E-state index contributed by atoms with van der Waals surface area (Å²) < 4.78 is 1.75. The zero-order valence-corrected chi connectivity index (χ0v) is 13.2. The Morgan fingerprint density at radius 1 is 1.26 bits per heavy atom. The number of aromatic carboxylic acids is 1. The van der Waals surface area contributed by atoms with Crippen LogP contribution in [-0.2, 0) is 13.5 Å². The van der Waals surface area contributed by atoms with Gasteiger partial charge in [-0.25, -0.2) is 4.79 Å². The number of carboxylic acids is 1. The number of carboxylic acid groups (broad SMARTS) is 1. The lowest BCUT2D eigenvalue weighted by atomic mass is 10.0. The van der Waals surface area contributed by atoms with E-state index in [1.807, 2.05) is 37.4 Å². The summed E-state index contributed by atoms with van der Waals surface area (Å²) >= 11 is 5.90. The van der Waals surface area contributed by atoms with Crippen molar-refractivity contribution >= 4 is 17.6 Å². The Balaban J connectivity index is 1.93. The van der Waals surface area contributed by atoms with Crippen LogP contribution in [0.15, 0.2) is 48.8 Å². The summed E-state index contributed by atoms with van der Waals surface area (Å²) in [5, 5.41) is 14.4. The standard InChI is InChI=1S/C17H14ClN3O2/c1-21-14(8-12-10-19-7-6-15(12)17(22)23)9-16(20-21)11-2-4-13(18)5-3-11/h2-7,9-10H,8H2,1H3,(H,22,23). The molecule has 0 radical (unpaired) electrons. The number of rotatable bonds is 4. The van der Waals surface area contributed by atoms with Gasteiger partial charge in [0.25, 0.3) is 0 Å². The first-order chi connectivity index (χ1) is 11.0. The highest BCUT2D eigenvalue weighted by molar-refractivity contribution is 6.30. The zero-order valence-electron chi connectivity index (χ0n) is 12.4. The molecule has 6 heteroatoms. The van der Waals surface area contributed by atoms with Crippen LogP contribution in [0.3, 0.4) is 0 Å². The van der Waals surface area contributed by atoms with Crippen LogP contribution < -0.4 is 0 Å². The molecule has 0 aliphatic heterocycles. The average molecular weight is 328 g/mol. The number of hydrogen-bond acceptors (Lipinski definition) is 3. The van der Waals surface area contributed by atoms with E-state index in [9.17, 15) is 9.90 Å². The number of halogens is 1. The molecule has 2 aromatic heterocycles. The molecule has 0 bridgehead atoms. The summed E-state index contributed by atoms with van der Waals surface area (Å²) in [5.74, 6) is -0.956. The molecule has 0 atom stereocenters. The number of aryl methyl sites for hydroxylation is 1. The highest BCUT2D eigenvalue weighted by Crippen LogP contribution is 2.22. The maximum Gasteiger partial charge on any atom is 0.336 e. The van der Waals surface area contributed by atoms with Crippen LogP contribution in [0.5, 0.6) is 0 Å². The minimum atomic E-state index is -0.956. The van der Waals surface area contributed by atoms with E-state index >= 15 is 0 Å². The van der Waals surface area contributed by atoms with Gasteiger partial charge in [0.15, 0.2) is 0 Å². The fourth-order valence-corrected chi connectivity index (χ4v) is 2.53. The Kier molecular flexibility index (Phi) is 4.12. The van der Waals surface area contributed by atoms with Gasteiger partial charge in [-0.3, -0.25) is 9.67 Å². The van der Waals surface area contributed by atoms with Crippen LogP contribution in [0.2, 0.25) is 5.02 Å². The average Bonchev–Trinajstić information content (AvgIpc) is 2.89. The molecular formula is C17H14ClN3O2. The quantitative estimate of drug-likeness (QED) is 0.797. The number of carbonyl (C=O) groups is 1. The third-order valence-electron chi connectivity index (χ3n) is 3.62. The molecule has 0 fully saturated rings. The topological polar surface area (TPSA) is 68.0 Å². The molecule has 0 saturated carbocycles. The van der Waals surface area contributed by atoms with E-state index in [0.29, 0.717) is 17.0 Å². The Labute approximate surface area is 138 Å². The van der Waals surface area contributed by atoms with E-state index in [1.54, 1.807) is 10.9 Å².